The quantitative estimate of drug-likeness (QED) is 0.829. The van der Waals surface area contributed by atoms with Crippen LogP contribution in [-0.2, 0) is 4.74 Å². The fraction of sp³-hybridized carbons (Fsp3) is 0.684. The molecule has 1 aromatic rings. The summed E-state index contributed by atoms with van der Waals surface area (Å²) >= 11 is 0. The molecule has 0 aromatic heterocycles. The summed E-state index contributed by atoms with van der Waals surface area (Å²) in [7, 11) is 0. The van der Waals surface area contributed by atoms with E-state index in [1.54, 1.807) is 0 Å². The Morgan fingerprint density at radius 3 is 2.67 bits per heavy atom. The molecule has 5 heteroatoms. The molecule has 1 aromatic carbocycles. The molecular formula is C19H31N3O2. The summed E-state index contributed by atoms with van der Waals surface area (Å²) in [5.74, 6) is 1.46. The van der Waals surface area contributed by atoms with Crippen molar-refractivity contribution in [3.05, 3.63) is 17.7 Å². The monoisotopic (exact) mass is 333 g/mol. The number of nitrogens with one attached hydrogen (secondary N) is 1. The van der Waals surface area contributed by atoms with Gasteiger partial charge in [0.05, 0.1) is 24.5 Å². The lowest BCUT2D eigenvalue weighted by Crippen LogP contribution is -2.46. The van der Waals surface area contributed by atoms with Crippen LogP contribution in [0.2, 0.25) is 0 Å². The predicted molar refractivity (Wildman–Crippen MR) is 98.9 cm³/mol. The molecule has 3 rings (SSSR count). The Kier molecular flexibility index (Phi) is 5.51. The average Bonchev–Trinajstić information content (AvgIpc) is 2.58. The van der Waals surface area contributed by atoms with Crippen LogP contribution in [0, 0.1) is 12.8 Å². The fourth-order valence-electron chi connectivity index (χ4n) is 3.80. The lowest BCUT2D eigenvalue weighted by molar-refractivity contribution is -0.0155. The number of benzene rings is 1. The molecule has 134 valence electrons. The first-order valence-electron chi connectivity index (χ1n) is 9.18. The molecule has 5 nitrogen and oxygen atoms in total. The smallest absolute Gasteiger partial charge is 0.144 e. The molecule has 0 amide bonds. The van der Waals surface area contributed by atoms with Gasteiger partial charge in [0.2, 0.25) is 0 Å². The number of aryl methyl sites for hydroxylation is 1. The third-order valence-electron chi connectivity index (χ3n) is 5.05. The van der Waals surface area contributed by atoms with E-state index in [4.69, 9.17) is 15.2 Å². The van der Waals surface area contributed by atoms with Crippen molar-refractivity contribution < 1.29 is 9.47 Å². The van der Waals surface area contributed by atoms with E-state index in [-0.39, 0.29) is 6.10 Å². The normalized spacial score (nSPS) is 22.8. The van der Waals surface area contributed by atoms with Crippen molar-refractivity contribution in [2.45, 2.75) is 45.8 Å². The number of nitrogens with zero attached hydrogens (tertiary/aromatic N) is 1. The van der Waals surface area contributed by atoms with E-state index < -0.39 is 0 Å². The summed E-state index contributed by atoms with van der Waals surface area (Å²) < 4.78 is 11.8. The highest BCUT2D eigenvalue weighted by Gasteiger charge is 2.29. The molecule has 1 atom stereocenters. The second kappa shape index (κ2) is 7.62. The summed E-state index contributed by atoms with van der Waals surface area (Å²) in [4.78, 5) is 2.47. The minimum Gasteiger partial charge on any atom is -0.489 e. The van der Waals surface area contributed by atoms with Gasteiger partial charge in [-0.1, -0.05) is 0 Å². The highest BCUT2D eigenvalue weighted by molar-refractivity contribution is 5.66. The van der Waals surface area contributed by atoms with Gasteiger partial charge < -0.3 is 25.4 Å². The van der Waals surface area contributed by atoms with E-state index >= 15 is 0 Å². The maximum absolute atomic E-state index is 6.12. The number of morpholine rings is 1. The number of nitrogen functional groups attached to an aromatic ring is 1. The summed E-state index contributed by atoms with van der Waals surface area (Å²) in [6, 6.07) is 4.15. The van der Waals surface area contributed by atoms with Crippen molar-refractivity contribution in [2.75, 3.05) is 43.4 Å². The summed E-state index contributed by atoms with van der Waals surface area (Å²) in [5, 5.41) is 3.45. The maximum atomic E-state index is 6.12. The molecule has 0 aliphatic carbocycles. The lowest BCUT2D eigenvalue weighted by Gasteiger charge is -2.39. The van der Waals surface area contributed by atoms with Crippen LogP contribution in [0.5, 0.6) is 5.75 Å². The number of rotatable bonds is 4. The van der Waals surface area contributed by atoms with Gasteiger partial charge in [-0.15, -0.1) is 0 Å². The molecule has 2 heterocycles. The molecule has 2 saturated heterocycles. The van der Waals surface area contributed by atoms with Crippen molar-refractivity contribution in [3.63, 3.8) is 0 Å². The summed E-state index contributed by atoms with van der Waals surface area (Å²) in [6.45, 7) is 11.2. The Labute approximate surface area is 145 Å². The molecule has 3 N–H and O–H groups in total. The third kappa shape index (κ3) is 3.95. The largest absolute Gasteiger partial charge is 0.489 e. The van der Waals surface area contributed by atoms with Gasteiger partial charge in [-0.2, -0.15) is 0 Å². The van der Waals surface area contributed by atoms with E-state index in [1.807, 2.05) is 19.9 Å². The van der Waals surface area contributed by atoms with Gasteiger partial charge in [-0.3, -0.25) is 0 Å². The molecule has 2 aliphatic rings. The molecule has 0 bridgehead atoms. The second-order valence-corrected chi connectivity index (χ2v) is 7.28. The molecule has 1 unspecified atom stereocenters. The van der Waals surface area contributed by atoms with Crippen LogP contribution in [-0.4, -0.2) is 45.0 Å². The van der Waals surface area contributed by atoms with E-state index in [9.17, 15) is 0 Å². The standard InChI is InChI=1S/C19H31N3O2/c1-13(2)24-18-11-17(14(3)10-16(18)20)22-7-4-15(5-8-22)19-12-21-6-9-23-19/h10-11,13,15,19,21H,4-9,12,20H2,1-3H3. The number of hydrogen-bond acceptors (Lipinski definition) is 5. The average molecular weight is 333 g/mol. The van der Waals surface area contributed by atoms with Crippen LogP contribution in [0.4, 0.5) is 11.4 Å². The van der Waals surface area contributed by atoms with Crippen LogP contribution in [0.1, 0.15) is 32.3 Å². The minimum absolute atomic E-state index is 0.129. The van der Waals surface area contributed by atoms with Crippen LogP contribution < -0.4 is 20.7 Å². The zero-order chi connectivity index (χ0) is 17.1. The van der Waals surface area contributed by atoms with Gasteiger partial charge in [0.1, 0.15) is 5.75 Å². The van der Waals surface area contributed by atoms with Gasteiger partial charge in [0, 0.05) is 37.9 Å². The topological polar surface area (TPSA) is 59.8 Å². The molecule has 2 fully saturated rings. The Morgan fingerprint density at radius 1 is 1.29 bits per heavy atom. The zero-order valence-corrected chi connectivity index (χ0v) is 15.2. The first-order chi connectivity index (χ1) is 11.5. The van der Waals surface area contributed by atoms with E-state index in [0.717, 1.165) is 44.2 Å². The number of ether oxygens (including phenoxy) is 2. The lowest BCUT2D eigenvalue weighted by atomic mass is 9.90. The van der Waals surface area contributed by atoms with Crippen LogP contribution >= 0.6 is 0 Å². The minimum atomic E-state index is 0.129. The molecular weight excluding hydrogens is 302 g/mol. The fourth-order valence-corrected chi connectivity index (χ4v) is 3.80. The second-order valence-electron chi connectivity index (χ2n) is 7.28. The van der Waals surface area contributed by atoms with Crippen LogP contribution in [0.15, 0.2) is 12.1 Å². The first-order valence-corrected chi connectivity index (χ1v) is 9.18. The number of hydrogen-bond donors (Lipinski definition) is 2. The highest BCUT2D eigenvalue weighted by atomic mass is 16.5. The molecule has 0 saturated carbocycles. The van der Waals surface area contributed by atoms with Gasteiger partial charge in [0.15, 0.2) is 0 Å². The van der Waals surface area contributed by atoms with Gasteiger partial charge in [-0.05, 0) is 51.2 Å². The molecule has 24 heavy (non-hydrogen) atoms. The Balaban J connectivity index is 1.67. The number of piperidine rings is 1. The Bertz CT molecular complexity index is 548. The van der Waals surface area contributed by atoms with Crippen molar-refractivity contribution in [2.24, 2.45) is 5.92 Å². The third-order valence-corrected chi connectivity index (χ3v) is 5.05. The van der Waals surface area contributed by atoms with E-state index in [0.29, 0.717) is 12.0 Å². The van der Waals surface area contributed by atoms with Crippen molar-refractivity contribution in [3.8, 4) is 5.75 Å². The Hall–Kier alpha value is -1.46. The summed E-state index contributed by atoms with van der Waals surface area (Å²) in [5.41, 5.74) is 9.32. The maximum Gasteiger partial charge on any atom is 0.144 e. The van der Waals surface area contributed by atoms with Crippen molar-refractivity contribution in [1.82, 2.24) is 5.32 Å². The molecule has 0 radical (unpaired) electrons. The predicted octanol–water partition coefficient (Wildman–Crippen LogP) is 2.57. The summed E-state index contributed by atoms with van der Waals surface area (Å²) in [6.07, 6.45) is 2.87. The highest BCUT2D eigenvalue weighted by Crippen LogP contribution is 2.35. The van der Waals surface area contributed by atoms with E-state index in [1.165, 1.54) is 24.1 Å². The van der Waals surface area contributed by atoms with Gasteiger partial charge in [0.25, 0.3) is 0 Å². The molecule has 2 aliphatic heterocycles. The van der Waals surface area contributed by atoms with Crippen molar-refractivity contribution >= 4 is 11.4 Å². The zero-order valence-electron chi connectivity index (χ0n) is 15.2. The SMILES string of the molecule is Cc1cc(N)c(OC(C)C)cc1N1CCC(C2CNCCO2)CC1. The van der Waals surface area contributed by atoms with Crippen molar-refractivity contribution in [1.29, 1.82) is 0 Å². The van der Waals surface area contributed by atoms with Gasteiger partial charge in [-0.25, -0.2) is 0 Å². The molecule has 0 spiro atoms. The van der Waals surface area contributed by atoms with Gasteiger partial charge >= 0.3 is 0 Å². The number of nitrogens with two attached hydrogens (primary N) is 1. The van der Waals surface area contributed by atoms with E-state index in [2.05, 4.69) is 23.2 Å². The van der Waals surface area contributed by atoms with Crippen LogP contribution in [0.25, 0.3) is 0 Å². The first kappa shape index (κ1) is 17.4. The number of anilines is 2. The van der Waals surface area contributed by atoms with Crippen LogP contribution in [0.3, 0.4) is 0 Å². The Morgan fingerprint density at radius 2 is 2.04 bits per heavy atom.